The third-order valence-electron chi connectivity index (χ3n) is 4.31. The Kier molecular flexibility index (Phi) is 4.59. The third kappa shape index (κ3) is 3.22. The molecule has 2 rings (SSSR count). The summed E-state index contributed by atoms with van der Waals surface area (Å²) in [5, 5.41) is 6.38. The number of amides is 1. The molecule has 2 aliphatic heterocycles. The van der Waals surface area contributed by atoms with Crippen molar-refractivity contribution in [1.82, 2.24) is 20.4 Å². The minimum atomic E-state index is 0.0108. The van der Waals surface area contributed by atoms with Gasteiger partial charge in [0.05, 0.1) is 6.04 Å². The summed E-state index contributed by atoms with van der Waals surface area (Å²) in [6.45, 7) is 7.09. The molecule has 0 bridgehead atoms. The van der Waals surface area contributed by atoms with Crippen LogP contribution in [0.4, 0.5) is 0 Å². The maximum atomic E-state index is 12.1. The molecule has 0 aromatic heterocycles. The SMILES string of the molecule is CC1CCNC1C(=O)NCC1CN(C)CCN1C. The fraction of sp³-hybridized carbons (Fsp3) is 0.923. The van der Waals surface area contributed by atoms with Crippen LogP contribution in [-0.4, -0.2) is 74.6 Å². The lowest BCUT2D eigenvalue weighted by molar-refractivity contribution is -0.123. The van der Waals surface area contributed by atoms with Crippen LogP contribution in [0, 0.1) is 5.92 Å². The monoisotopic (exact) mass is 254 g/mol. The van der Waals surface area contributed by atoms with Crippen molar-refractivity contribution in [2.75, 3.05) is 46.8 Å². The smallest absolute Gasteiger partial charge is 0.237 e. The number of nitrogens with zero attached hydrogens (tertiary/aromatic N) is 2. The highest BCUT2D eigenvalue weighted by molar-refractivity contribution is 5.82. The average Bonchev–Trinajstić information content (AvgIpc) is 2.76. The summed E-state index contributed by atoms with van der Waals surface area (Å²) >= 11 is 0. The number of carbonyl (C=O) groups is 1. The summed E-state index contributed by atoms with van der Waals surface area (Å²) in [5.41, 5.74) is 0. The number of hydrogen-bond donors (Lipinski definition) is 2. The van der Waals surface area contributed by atoms with Crippen molar-refractivity contribution in [2.45, 2.75) is 25.4 Å². The van der Waals surface area contributed by atoms with Crippen LogP contribution in [0.5, 0.6) is 0 Å². The van der Waals surface area contributed by atoms with Crippen LogP contribution >= 0.6 is 0 Å². The van der Waals surface area contributed by atoms with Gasteiger partial charge in [-0.15, -0.1) is 0 Å². The topological polar surface area (TPSA) is 47.6 Å². The Morgan fingerprint density at radius 3 is 2.83 bits per heavy atom. The van der Waals surface area contributed by atoms with Gasteiger partial charge in [0.1, 0.15) is 0 Å². The van der Waals surface area contributed by atoms with Crippen LogP contribution in [0.2, 0.25) is 0 Å². The van der Waals surface area contributed by atoms with E-state index in [0.29, 0.717) is 12.0 Å². The van der Waals surface area contributed by atoms with Crippen LogP contribution in [-0.2, 0) is 4.79 Å². The molecule has 5 heteroatoms. The first kappa shape index (κ1) is 13.8. The molecule has 18 heavy (non-hydrogen) atoms. The molecule has 0 aromatic carbocycles. The van der Waals surface area contributed by atoms with Crippen LogP contribution in [0.15, 0.2) is 0 Å². The minimum absolute atomic E-state index is 0.0108. The second-order valence-corrected chi connectivity index (χ2v) is 5.84. The molecule has 2 heterocycles. The van der Waals surface area contributed by atoms with Gasteiger partial charge in [0, 0.05) is 32.2 Å². The van der Waals surface area contributed by atoms with E-state index in [2.05, 4.69) is 41.5 Å². The number of hydrogen-bond acceptors (Lipinski definition) is 4. The minimum Gasteiger partial charge on any atom is -0.353 e. The number of carbonyl (C=O) groups excluding carboxylic acids is 1. The molecular weight excluding hydrogens is 228 g/mol. The first-order valence-electron chi connectivity index (χ1n) is 6.98. The van der Waals surface area contributed by atoms with E-state index in [4.69, 9.17) is 0 Å². The van der Waals surface area contributed by atoms with Crippen molar-refractivity contribution in [1.29, 1.82) is 0 Å². The van der Waals surface area contributed by atoms with E-state index in [1.165, 1.54) is 0 Å². The summed E-state index contributed by atoms with van der Waals surface area (Å²) in [6.07, 6.45) is 1.10. The van der Waals surface area contributed by atoms with Gasteiger partial charge in [0.25, 0.3) is 0 Å². The summed E-state index contributed by atoms with van der Waals surface area (Å²) in [6, 6.07) is 0.445. The Bertz CT molecular complexity index is 297. The Labute approximate surface area is 110 Å². The van der Waals surface area contributed by atoms with Gasteiger partial charge in [-0.2, -0.15) is 0 Å². The number of rotatable bonds is 3. The van der Waals surface area contributed by atoms with Gasteiger partial charge >= 0.3 is 0 Å². The largest absolute Gasteiger partial charge is 0.353 e. The second-order valence-electron chi connectivity index (χ2n) is 5.84. The van der Waals surface area contributed by atoms with Crippen molar-refractivity contribution in [2.24, 2.45) is 5.92 Å². The lowest BCUT2D eigenvalue weighted by atomic mass is 10.0. The fourth-order valence-corrected chi connectivity index (χ4v) is 2.84. The van der Waals surface area contributed by atoms with E-state index in [1.54, 1.807) is 0 Å². The zero-order valence-electron chi connectivity index (χ0n) is 11.8. The first-order valence-corrected chi connectivity index (χ1v) is 6.98. The van der Waals surface area contributed by atoms with E-state index in [1.807, 2.05) is 0 Å². The van der Waals surface area contributed by atoms with E-state index in [0.717, 1.165) is 39.1 Å². The third-order valence-corrected chi connectivity index (χ3v) is 4.31. The maximum Gasteiger partial charge on any atom is 0.237 e. The van der Waals surface area contributed by atoms with Crippen LogP contribution in [0.25, 0.3) is 0 Å². The predicted molar refractivity (Wildman–Crippen MR) is 72.5 cm³/mol. The molecule has 0 saturated carbocycles. The van der Waals surface area contributed by atoms with Crippen molar-refractivity contribution >= 4 is 5.91 Å². The Balaban J connectivity index is 1.78. The molecule has 3 atom stereocenters. The van der Waals surface area contributed by atoms with Gasteiger partial charge in [-0.25, -0.2) is 0 Å². The molecule has 2 N–H and O–H groups in total. The van der Waals surface area contributed by atoms with Crippen LogP contribution in [0.3, 0.4) is 0 Å². The standard InChI is InChI=1S/C13H26N4O/c1-10-4-5-14-12(10)13(18)15-8-11-9-16(2)6-7-17(11)3/h10-12,14H,4-9H2,1-3H3,(H,15,18). The molecule has 2 fully saturated rings. The molecule has 0 aromatic rings. The Morgan fingerprint density at radius 1 is 1.39 bits per heavy atom. The van der Waals surface area contributed by atoms with Gasteiger partial charge < -0.3 is 15.5 Å². The molecule has 104 valence electrons. The van der Waals surface area contributed by atoms with E-state index in [9.17, 15) is 4.79 Å². The molecule has 5 nitrogen and oxygen atoms in total. The quantitative estimate of drug-likeness (QED) is 0.702. The molecule has 2 saturated heterocycles. The number of piperazine rings is 1. The fourth-order valence-electron chi connectivity index (χ4n) is 2.84. The highest BCUT2D eigenvalue weighted by Crippen LogP contribution is 2.14. The molecule has 1 amide bonds. The maximum absolute atomic E-state index is 12.1. The van der Waals surface area contributed by atoms with Gasteiger partial charge in [-0.3, -0.25) is 9.69 Å². The normalized spacial score (nSPS) is 34.7. The molecule has 0 spiro atoms. The van der Waals surface area contributed by atoms with E-state index >= 15 is 0 Å². The molecule has 3 unspecified atom stereocenters. The molecule has 0 radical (unpaired) electrons. The molecule has 0 aliphatic carbocycles. The van der Waals surface area contributed by atoms with Crippen molar-refractivity contribution in [3.8, 4) is 0 Å². The van der Waals surface area contributed by atoms with Crippen molar-refractivity contribution in [3.05, 3.63) is 0 Å². The van der Waals surface area contributed by atoms with E-state index in [-0.39, 0.29) is 11.9 Å². The zero-order valence-corrected chi connectivity index (χ0v) is 11.8. The molecule has 2 aliphatic rings. The summed E-state index contributed by atoms with van der Waals surface area (Å²) in [7, 11) is 4.28. The van der Waals surface area contributed by atoms with Gasteiger partial charge in [-0.1, -0.05) is 6.92 Å². The highest BCUT2D eigenvalue weighted by atomic mass is 16.2. The first-order chi connectivity index (χ1) is 8.58. The summed E-state index contributed by atoms with van der Waals surface area (Å²) < 4.78 is 0. The summed E-state index contributed by atoms with van der Waals surface area (Å²) in [4.78, 5) is 16.7. The molecular formula is C13H26N4O. The summed E-state index contributed by atoms with van der Waals surface area (Å²) in [5.74, 6) is 0.624. The van der Waals surface area contributed by atoms with Crippen molar-refractivity contribution < 1.29 is 4.79 Å². The van der Waals surface area contributed by atoms with Gasteiger partial charge in [0.2, 0.25) is 5.91 Å². The lowest BCUT2D eigenvalue weighted by Gasteiger charge is -2.37. The van der Waals surface area contributed by atoms with Crippen molar-refractivity contribution in [3.63, 3.8) is 0 Å². The van der Waals surface area contributed by atoms with Crippen LogP contribution < -0.4 is 10.6 Å². The lowest BCUT2D eigenvalue weighted by Crippen LogP contribution is -2.55. The van der Waals surface area contributed by atoms with Gasteiger partial charge in [0.15, 0.2) is 0 Å². The van der Waals surface area contributed by atoms with Crippen LogP contribution in [0.1, 0.15) is 13.3 Å². The Morgan fingerprint density at radius 2 is 2.17 bits per heavy atom. The predicted octanol–water partition coefficient (Wildman–Crippen LogP) is -0.654. The number of likely N-dealkylation sites (N-methyl/N-ethyl adjacent to an activating group) is 2. The Hall–Kier alpha value is -0.650. The van der Waals surface area contributed by atoms with Gasteiger partial charge in [-0.05, 0) is 33.0 Å². The van der Waals surface area contributed by atoms with E-state index < -0.39 is 0 Å². The zero-order chi connectivity index (χ0) is 13.1. The number of nitrogens with one attached hydrogen (secondary N) is 2. The average molecular weight is 254 g/mol. The highest BCUT2D eigenvalue weighted by Gasteiger charge is 2.30. The second kappa shape index (κ2) is 5.99.